The summed E-state index contributed by atoms with van der Waals surface area (Å²) < 4.78 is 33.1. The molecule has 2 fully saturated rings. The summed E-state index contributed by atoms with van der Waals surface area (Å²) >= 11 is 0. The summed E-state index contributed by atoms with van der Waals surface area (Å²) in [6, 6.07) is 4.19. The lowest BCUT2D eigenvalue weighted by Crippen LogP contribution is -2.46. The Balaban J connectivity index is 0.00000300. The molecule has 3 rings (SSSR count). The molecule has 0 bridgehead atoms. The van der Waals surface area contributed by atoms with Crippen molar-refractivity contribution in [3.8, 4) is 0 Å². The van der Waals surface area contributed by atoms with E-state index in [2.05, 4.69) is 15.6 Å². The van der Waals surface area contributed by atoms with Crippen molar-refractivity contribution in [2.24, 2.45) is 10.9 Å². The summed E-state index contributed by atoms with van der Waals surface area (Å²) in [5.74, 6) is -0.610. The van der Waals surface area contributed by atoms with E-state index in [9.17, 15) is 13.6 Å². The fourth-order valence-corrected chi connectivity index (χ4v) is 3.93. The van der Waals surface area contributed by atoms with Gasteiger partial charge in [-0.2, -0.15) is 0 Å². The molecule has 0 aliphatic heterocycles. The van der Waals surface area contributed by atoms with Crippen LogP contribution in [0.4, 0.5) is 8.78 Å². The number of guanidine groups is 1. The number of rotatable bonds is 6. The molecule has 5 nitrogen and oxygen atoms in total. The summed E-state index contributed by atoms with van der Waals surface area (Å²) in [5, 5.41) is 6.73. The van der Waals surface area contributed by atoms with E-state index in [0.29, 0.717) is 25.5 Å². The molecule has 2 aliphatic carbocycles. The van der Waals surface area contributed by atoms with Crippen LogP contribution >= 0.6 is 24.0 Å². The number of hydrogen-bond acceptors (Lipinski definition) is 3. The number of carbonyl (C=O) groups excluding carboxylic acids is 1. The Kier molecular flexibility index (Phi) is 9.10. The Morgan fingerprint density at radius 3 is 2.38 bits per heavy atom. The number of benzene rings is 1. The van der Waals surface area contributed by atoms with Gasteiger partial charge in [0, 0.05) is 30.1 Å². The molecule has 1 aromatic rings. The van der Waals surface area contributed by atoms with Crippen LogP contribution in [0.25, 0.3) is 0 Å². The maximum Gasteiger partial charge on any atom is 0.308 e. The quantitative estimate of drug-likeness (QED) is 0.256. The van der Waals surface area contributed by atoms with Crippen molar-refractivity contribution in [3.05, 3.63) is 35.4 Å². The van der Waals surface area contributed by atoms with Crippen molar-refractivity contribution in [3.63, 3.8) is 0 Å². The molecular formula is C21H30F2IN3O2. The van der Waals surface area contributed by atoms with Crippen LogP contribution in [0.5, 0.6) is 0 Å². The molecule has 2 aliphatic rings. The van der Waals surface area contributed by atoms with E-state index in [4.69, 9.17) is 4.74 Å². The highest BCUT2D eigenvalue weighted by Gasteiger charge is 2.42. The summed E-state index contributed by atoms with van der Waals surface area (Å²) in [6.07, 6.45) is 4.00. The van der Waals surface area contributed by atoms with E-state index in [-0.39, 0.29) is 59.4 Å². The first-order valence-electron chi connectivity index (χ1n) is 10.2. The van der Waals surface area contributed by atoms with Crippen molar-refractivity contribution in [2.75, 3.05) is 13.2 Å². The van der Waals surface area contributed by atoms with Crippen molar-refractivity contribution in [1.29, 1.82) is 0 Å². The highest BCUT2D eigenvalue weighted by Crippen LogP contribution is 2.43. The van der Waals surface area contributed by atoms with E-state index in [1.54, 1.807) is 0 Å². The van der Waals surface area contributed by atoms with Crippen LogP contribution in [-0.4, -0.2) is 37.2 Å². The number of esters is 1. The van der Waals surface area contributed by atoms with Crippen molar-refractivity contribution >= 4 is 35.9 Å². The third-order valence-corrected chi connectivity index (χ3v) is 5.49. The number of nitrogens with one attached hydrogen (secondary N) is 2. The molecule has 0 heterocycles. The van der Waals surface area contributed by atoms with E-state index in [1.807, 2.05) is 13.8 Å². The molecule has 0 amide bonds. The minimum Gasteiger partial charge on any atom is -0.466 e. The number of ether oxygens (including phenoxy) is 1. The molecule has 2 unspecified atom stereocenters. The van der Waals surface area contributed by atoms with E-state index >= 15 is 0 Å². The lowest BCUT2D eigenvalue weighted by Gasteiger charge is -2.29. The molecule has 162 valence electrons. The van der Waals surface area contributed by atoms with Crippen LogP contribution in [0.15, 0.2) is 23.2 Å². The number of hydrogen-bond donors (Lipinski definition) is 2. The molecule has 0 saturated heterocycles. The van der Waals surface area contributed by atoms with Crippen LogP contribution in [0.1, 0.15) is 57.4 Å². The first kappa shape index (κ1) is 23.8. The Morgan fingerprint density at radius 2 is 1.79 bits per heavy atom. The van der Waals surface area contributed by atoms with Gasteiger partial charge in [-0.3, -0.25) is 9.79 Å². The fourth-order valence-electron chi connectivity index (χ4n) is 3.93. The smallest absolute Gasteiger partial charge is 0.308 e. The van der Waals surface area contributed by atoms with E-state index in [1.165, 1.54) is 18.2 Å². The van der Waals surface area contributed by atoms with Gasteiger partial charge in [-0.25, -0.2) is 8.78 Å². The molecule has 29 heavy (non-hydrogen) atoms. The number of carbonyl (C=O) groups is 1. The average Bonchev–Trinajstić information content (AvgIpc) is 3.41. The molecule has 8 heteroatoms. The first-order valence-corrected chi connectivity index (χ1v) is 10.2. The summed E-state index contributed by atoms with van der Waals surface area (Å²) in [7, 11) is 0. The maximum atomic E-state index is 14.0. The number of nitrogens with zero attached hydrogens (tertiary/aromatic N) is 1. The van der Waals surface area contributed by atoms with Gasteiger partial charge in [0.2, 0.25) is 0 Å². The molecule has 0 radical (unpaired) electrons. The van der Waals surface area contributed by atoms with Gasteiger partial charge in [0.05, 0.1) is 12.5 Å². The second kappa shape index (κ2) is 11.1. The van der Waals surface area contributed by atoms with Crippen LogP contribution in [-0.2, 0) is 9.53 Å². The fraction of sp³-hybridized carbons (Fsp3) is 0.619. The van der Waals surface area contributed by atoms with Crippen LogP contribution in [0.3, 0.4) is 0 Å². The molecule has 2 saturated carbocycles. The first-order chi connectivity index (χ1) is 13.5. The summed E-state index contributed by atoms with van der Waals surface area (Å²) in [6.45, 7) is 4.79. The van der Waals surface area contributed by atoms with Crippen LogP contribution in [0, 0.1) is 17.6 Å². The van der Waals surface area contributed by atoms with Crippen molar-refractivity contribution < 1.29 is 18.3 Å². The lowest BCUT2D eigenvalue weighted by molar-refractivity contribution is -0.149. The zero-order chi connectivity index (χ0) is 20.1. The molecule has 2 atom stereocenters. The predicted octanol–water partition coefficient (Wildman–Crippen LogP) is 4.12. The second-order valence-corrected chi connectivity index (χ2v) is 7.50. The van der Waals surface area contributed by atoms with Gasteiger partial charge < -0.3 is 15.4 Å². The Hall–Kier alpha value is -1.45. The van der Waals surface area contributed by atoms with Gasteiger partial charge in [-0.05, 0) is 58.1 Å². The monoisotopic (exact) mass is 521 g/mol. The minimum atomic E-state index is -0.492. The van der Waals surface area contributed by atoms with E-state index in [0.717, 1.165) is 25.7 Å². The second-order valence-electron chi connectivity index (χ2n) is 7.50. The van der Waals surface area contributed by atoms with Crippen LogP contribution < -0.4 is 10.6 Å². The Bertz CT molecular complexity index is 704. The predicted molar refractivity (Wildman–Crippen MR) is 120 cm³/mol. The third kappa shape index (κ3) is 6.26. The molecule has 2 N–H and O–H groups in total. The normalized spacial score (nSPS) is 26.3. The Labute approximate surface area is 188 Å². The Morgan fingerprint density at radius 1 is 1.14 bits per heavy atom. The van der Waals surface area contributed by atoms with Gasteiger partial charge >= 0.3 is 5.97 Å². The minimum absolute atomic E-state index is 0. The van der Waals surface area contributed by atoms with Gasteiger partial charge in [-0.15, -0.1) is 24.0 Å². The highest BCUT2D eigenvalue weighted by molar-refractivity contribution is 14.0. The summed E-state index contributed by atoms with van der Waals surface area (Å²) in [4.78, 5) is 16.3. The average molecular weight is 521 g/mol. The van der Waals surface area contributed by atoms with Crippen LogP contribution in [0.2, 0.25) is 0 Å². The molecule has 0 spiro atoms. The number of halogens is 3. The standard InChI is InChI=1S/C21H29F2N3O2.HI/c1-3-24-21(25-14-10-8-13(9-11-14)20(27)28-4-2)26-18-12-15(18)19-16(22)6-5-7-17(19)23;/h5-7,13-15,18H,3-4,8-12H2,1-2H3,(H2,24,25,26);1H. The maximum absolute atomic E-state index is 14.0. The SMILES string of the molecule is CCN=C(NC1CCC(C(=O)OCC)CC1)NC1CC1c1c(F)cccc1F.I. The zero-order valence-corrected chi connectivity index (χ0v) is 19.2. The van der Waals surface area contributed by atoms with Crippen molar-refractivity contribution in [1.82, 2.24) is 10.6 Å². The zero-order valence-electron chi connectivity index (χ0n) is 16.9. The van der Waals surface area contributed by atoms with Gasteiger partial charge in [-0.1, -0.05) is 6.07 Å². The van der Waals surface area contributed by atoms with E-state index < -0.39 is 11.6 Å². The molecular weight excluding hydrogens is 491 g/mol. The van der Waals surface area contributed by atoms with Crippen molar-refractivity contribution in [2.45, 2.75) is 64.0 Å². The molecule has 1 aromatic carbocycles. The largest absolute Gasteiger partial charge is 0.466 e. The van der Waals surface area contributed by atoms with Gasteiger partial charge in [0.15, 0.2) is 5.96 Å². The van der Waals surface area contributed by atoms with Gasteiger partial charge in [0.1, 0.15) is 11.6 Å². The highest BCUT2D eigenvalue weighted by atomic mass is 127. The lowest BCUT2D eigenvalue weighted by atomic mass is 9.86. The van der Waals surface area contributed by atoms with Gasteiger partial charge in [0.25, 0.3) is 0 Å². The topological polar surface area (TPSA) is 62.7 Å². The summed E-state index contributed by atoms with van der Waals surface area (Å²) in [5.41, 5.74) is 0.158. The molecule has 0 aromatic heterocycles. The number of aliphatic imine (C=N–C) groups is 1. The third-order valence-electron chi connectivity index (χ3n) is 5.49.